The van der Waals surface area contributed by atoms with Gasteiger partial charge in [0.2, 0.25) is 15.9 Å². The number of aryl methyl sites for hydroxylation is 1. The zero-order valence-electron chi connectivity index (χ0n) is 19.9. The molecule has 10 heteroatoms. The second-order valence-electron chi connectivity index (χ2n) is 8.75. The Morgan fingerprint density at radius 1 is 1.09 bits per heavy atom. The quantitative estimate of drug-likeness (QED) is 0.541. The maximum Gasteiger partial charge on any atom is 0.325 e. The number of amides is 4. The Balaban J connectivity index is 1.39. The minimum atomic E-state index is -3.55. The summed E-state index contributed by atoms with van der Waals surface area (Å²) in [5.41, 5.74) is 1.42. The van der Waals surface area contributed by atoms with Crippen molar-refractivity contribution in [2.45, 2.75) is 50.1 Å². The molecule has 2 aromatic rings. The number of sulfonamides is 1. The molecule has 0 bridgehead atoms. The van der Waals surface area contributed by atoms with Crippen LogP contribution >= 0.6 is 0 Å². The van der Waals surface area contributed by atoms with Crippen LogP contribution in [0.5, 0.6) is 0 Å². The van der Waals surface area contributed by atoms with Gasteiger partial charge < -0.3 is 10.6 Å². The van der Waals surface area contributed by atoms with Crippen molar-refractivity contribution in [3.05, 3.63) is 65.2 Å². The number of imide groups is 1. The second-order valence-corrected chi connectivity index (χ2v) is 10.7. The van der Waals surface area contributed by atoms with Gasteiger partial charge in [-0.25, -0.2) is 13.2 Å². The molecule has 4 rings (SSSR count). The fraction of sp³-hybridized carbons (Fsp3) is 0.400. The van der Waals surface area contributed by atoms with E-state index >= 15 is 0 Å². The van der Waals surface area contributed by atoms with E-state index in [1.54, 1.807) is 26.0 Å². The van der Waals surface area contributed by atoms with Crippen LogP contribution < -0.4 is 10.6 Å². The van der Waals surface area contributed by atoms with Gasteiger partial charge in [-0.15, -0.1) is 0 Å². The van der Waals surface area contributed by atoms with E-state index in [2.05, 4.69) is 10.6 Å². The SMILES string of the molecule is CCN(CC)S(=O)(=O)c1ccc(CNC(=O)CN2C(=O)N[C@]3(CCCc4ccccc43)C2=O)cc1. The van der Waals surface area contributed by atoms with E-state index in [4.69, 9.17) is 0 Å². The van der Waals surface area contributed by atoms with Crippen molar-refractivity contribution in [1.29, 1.82) is 0 Å². The number of hydrogen-bond acceptors (Lipinski definition) is 5. The van der Waals surface area contributed by atoms with Crippen LogP contribution in [-0.2, 0) is 38.1 Å². The van der Waals surface area contributed by atoms with Gasteiger partial charge in [0.25, 0.3) is 5.91 Å². The van der Waals surface area contributed by atoms with Gasteiger partial charge in [-0.2, -0.15) is 4.31 Å². The number of urea groups is 1. The maximum atomic E-state index is 13.3. The van der Waals surface area contributed by atoms with Crippen molar-refractivity contribution < 1.29 is 22.8 Å². The van der Waals surface area contributed by atoms with E-state index in [1.807, 2.05) is 24.3 Å². The van der Waals surface area contributed by atoms with E-state index in [1.165, 1.54) is 16.4 Å². The van der Waals surface area contributed by atoms with Gasteiger partial charge in [0, 0.05) is 19.6 Å². The van der Waals surface area contributed by atoms with Crippen LogP contribution in [0.1, 0.15) is 43.4 Å². The van der Waals surface area contributed by atoms with Crippen LogP contribution in [0.4, 0.5) is 4.79 Å². The van der Waals surface area contributed by atoms with Gasteiger partial charge in [-0.05, 0) is 48.1 Å². The monoisotopic (exact) mass is 498 g/mol. The molecule has 1 aliphatic carbocycles. The lowest BCUT2D eigenvalue weighted by molar-refractivity contribution is -0.135. The molecule has 186 valence electrons. The predicted octanol–water partition coefficient (Wildman–Crippen LogP) is 2.12. The molecular formula is C25H30N4O5S. The van der Waals surface area contributed by atoms with Crippen LogP contribution in [0.25, 0.3) is 0 Å². The molecule has 0 saturated carbocycles. The second kappa shape index (κ2) is 9.79. The Bertz CT molecular complexity index is 1240. The number of carbonyl (C=O) groups excluding carboxylic acids is 3. The zero-order chi connectivity index (χ0) is 25.2. The van der Waals surface area contributed by atoms with E-state index < -0.39 is 33.4 Å². The Labute approximate surface area is 205 Å². The molecule has 1 heterocycles. The fourth-order valence-electron chi connectivity index (χ4n) is 4.85. The number of carbonyl (C=O) groups is 3. The number of benzene rings is 2. The smallest absolute Gasteiger partial charge is 0.325 e. The van der Waals surface area contributed by atoms with Crippen molar-refractivity contribution >= 4 is 27.9 Å². The molecule has 0 unspecified atom stereocenters. The fourth-order valence-corrected chi connectivity index (χ4v) is 6.31. The molecule has 2 aliphatic rings. The standard InChI is InChI=1S/C25H30N4O5S/c1-3-28(4-2)35(33,34)20-13-11-18(12-14-20)16-26-22(30)17-29-23(31)25(27-24(29)32)15-7-9-19-8-5-6-10-21(19)25/h5-6,8,10-14H,3-4,7,9,15-17H2,1-2H3,(H,26,30)(H,27,32)/t25-/m0/s1. The first-order valence-corrected chi connectivity index (χ1v) is 13.2. The van der Waals surface area contributed by atoms with Crippen LogP contribution in [0.15, 0.2) is 53.4 Å². The first kappa shape index (κ1) is 24.9. The summed E-state index contributed by atoms with van der Waals surface area (Å²) in [5, 5.41) is 5.55. The summed E-state index contributed by atoms with van der Waals surface area (Å²) in [7, 11) is -3.55. The average molecular weight is 499 g/mol. The normalized spacial score (nSPS) is 19.7. The van der Waals surface area contributed by atoms with Crippen molar-refractivity contribution in [2.75, 3.05) is 19.6 Å². The van der Waals surface area contributed by atoms with Crippen molar-refractivity contribution in [3.8, 4) is 0 Å². The van der Waals surface area contributed by atoms with Gasteiger partial charge in [-0.1, -0.05) is 50.2 Å². The number of nitrogens with zero attached hydrogens (tertiary/aromatic N) is 2. The van der Waals surface area contributed by atoms with Gasteiger partial charge in [0.05, 0.1) is 4.90 Å². The summed E-state index contributed by atoms with van der Waals surface area (Å²) in [6.45, 7) is 4.08. The van der Waals surface area contributed by atoms with Crippen molar-refractivity contribution in [1.82, 2.24) is 19.8 Å². The lowest BCUT2D eigenvalue weighted by Gasteiger charge is -2.33. The van der Waals surface area contributed by atoms with E-state index in [0.29, 0.717) is 25.1 Å². The highest BCUT2D eigenvalue weighted by atomic mass is 32.2. The van der Waals surface area contributed by atoms with Gasteiger partial charge in [0.1, 0.15) is 12.1 Å². The van der Waals surface area contributed by atoms with Gasteiger partial charge >= 0.3 is 6.03 Å². The van der Waals surface area contributed by atoms with Crippen LogP contribution in [-0.4, -0.2) is 55.1 Å². The molecule has 4 amide bonds. The Hall–Kier alpha value is -3.24. The van der Waals surface area contributed by atoms with Crippen LogP contribution in [0.3, 0.4) is 0 Å². The van der Waals surface area contributed by atoms with Crippen molar-refractivity contribution in [2.24, 2.45) is 0 Å². The van der Waals surface area contributed by atoms with Crippen LogP contribution in [0.2, 0.25) is 0 Å². The van der Waals surface area contributed by atoms with E-state index in [0.717, 1.165) is 28.9 Å². The summed E-state index contributed by atoms with van der Waals surface area (Å²) in [4.78, 5) is 39.7. The summed E-state index contributed by atoms with van der Waals surface area (Å²) in [6, 6.07) is 13.3. The number of hydrogen-bond donors (Lipinski definition) is 2. The number of nitrogens with one attached hydrogen (secondary N) is 2. The summed E-state index contributed by atoms with van der Waals surface area (Å²) < 4.78 is 26.6. The predicted molar refractivity (Wildman–Crippen MR) is 130 cm³/mol. The largest absolute Gasteiger partial charge is 0.350 e. The molecule has 1 saturated heterocycles. The first-order chi connectivity index (χ1) is 16.7. The highest BCUT2D eigenvalue weighted by molar-refractivity contribution is 7.89. The highest BCUT2D eigenvalue weighted by Gasteiger charge is 2.54. The third-order valence-electron chi connectivity index (χ3n) is 6.71. The average Bonchev–Trinajstić information content (AvgIpc) is 3.08. The Morgan fingerprint density at radius 3 is 2.46 bits per heavy atom. The molecule has 35 heavy (non-hydrogen) atoms. The zero-order valence-corrected chi connectivity index (χ0v) is 20.7. The number of fused-ring (bicyclic) bond motifs is 2. The summed E-state index contributed by atoms with van der Waals surface area (Å²) in [5.74, 6) is -0.884. The molecule has 1 fully saturated rings. The first-order valence-electron chi connectivity index (χ1n) is 11.8. The molecule has 1 spiro atoms. The molecular weight excluding hydrogens is 468 g/mol. The molecule has 1 atom stereocenters. The van der Waals surface area contributed by atoms with Gasteiger partial charge in [0.15, 0.2) is 0 Å². The molecule has 2 aromatic carbocycles. The third-order valence-corrected chi connectivity index (χ3v) is 8.77. The molecule has 0 radical (unpaired) electrons. The molecule has 0 aromatic heterocycles. The lowest BCUT2D eigenvalue weighted by atomic mass is 9.76. The minimum Gasteiger partial charge on any atom is -0.350 e. The van der Waals surface area contributed by atoms with E-state index in [-0.39, 0.29) is 18.0 Å². The van der Waals surface area contributed by atoms with Gasteiger partial charge in [-0.3, -0.25) is 14.5 Å². The van der Waals surface area contributed by atoms with Crippen molar-refractivity contribution in [3.63, 3.8) is 0 Å². The van der Waals surface area contributed by atoms with E-state index in [9.17, 15) is 22.8 Å². The summed E-state index contributed by atoms with van der Waals surface area (Å²) in [6.07, 6.45) is 2.11. The molecule has 2 N–H and O–H groups in total. The minimum absolute atomic E-state index is 0.141. The maximum absolute atomic E-state index is 13.3. The lowest BCUT2D eigenvalue weighted by Crippen LogP contribution is -2.47. The topological polar surface area (TPSA) is 116 Å². The third kappa shape index (κ3) is 4.55. The highest BCUT2D eigenvalue weighted by Crippen LogP contribution is 2.39. The Kier molecular flexibility index (Phi) is 6.95. The molecule has 1 aliphatic heterocycles. The summed E-state index contributed by atoms with van der Waals surface area (Å²) >= 11 is 0. The number of rotatable bonds is 8. The van der Waals surface area contributed by atoms with Crippen LogP contribution in [0, 0.1) is 0 Å². The molecule has 9 nitrogen and oxygen atoms in total. The Morgan fingerprint density at radius 2 is 1.77 bits per heavy atom.